The Labute approximate surface area is 136 Å². The fourth-order valence-corrected chi connectivity index (χ4v) is 2.71. The minimum atomic E-state index is -0.0307. The number of nitrogens with one attached hydrogen (secondary N) is 1. The number of amides is 2. The number of likely N-dealkylation sites (tertiary alicyclic amines) is 1. The number of pyridine rings is 1. The molecule has 2 aromatic rings. The maximum Gasteiger partial charge on any atom is 0.317 e. The number of benzene rings is 1. The Morgan fingerprint density at radius 1 is 1.22 bits per heavy atom. The zero-order valence-electron chi connectivity index (χ0n) is 13.0. The highest BCUT2D eigenvalue weighted by atomic mass is 16.5. The van der Waals surface area contributed by atoms with E-state index in [2.05, 4.69) is 10.3 Å². The fraction of sp³-hybridized carbons (Fsp3) is 0.333. The third-order valence-corrected chi connectivity index (χ3v) is 3.90. The van der Waals surface area contributed by atoms with Gasteiger partial charge in [-0.2, -0.15) is 0 Å². The molecule has 0 spiro atoms. The molecule has 5 heteroatoms. The molecular weight excluding hydrogens is 290 g/mol. The van der Waals surface area contributed by atoms with Crippen molar-refractivity contribution in [3.05, 3.63) is 60.4 Å². The number of carbonyl (C=O) groups excluding carboxylic acids is 1. The van der Waals surface area contributed by atoms with Gasteiger partial charge in [-0.15, -0.1) is 0 Å². The van der Waals surface area contributed by atoms with Crippen molar-refractivity contribution in [2.24, 2.45) is 0 Å². The lowest BCUT2D eigenvalue weighted by molar-refractivity contribution is 0.101. The number of urea groups is 1. The lowest BCUT2D eigenvalue weighted by atomic mass is 10.1. The number of rotatable bonds is 4. The van der Waals surface area contributed by atoms with Gasteiger partial charge in [-0.25, -0.2) is 4.79 Å². The molecule has 1 aliphatic heterocycles. The first kappa shape index (κ1) is 15.3. The van der Waals surface area contributed by atoms with Gasteiger partial charge in [0, 0.05) is 25.5 Å². The van der Waals surface area contributed by atoms with Gasteiger partial charge in [0.25, 0.3) is 0 Å². The molecule has 1 unspecified atom stereocenters. The molecule has 0 saturated carbocycles. The summed E-state index contributed by atoms with van der Waals surface area (Å²) in [5.41, 5.74) is 1.10. The van der Waals surface area contributed by atoms with Crippen molar-refractivity contribution in [1.29, 1.82) is 0 Å². The molecule has 2 amide bonds. The van der Waals surface area contributed by atoms with Gasteiger partial charge in [-0.05, 0) is 30.5 Å². The number of hydrogen-bond acceptors (Lipinski definition) is 3. The Balaban J connectivity index is 1.50. The van der Waals surface area contributed by atoms with Crippen molar-refractivity contribution in [2.45, 2.75) is 25.5 Å². The summed E-state index contributed by atoms with van der Waals surface area (Å²) >= 11 is 0. The van der Waals surface area contributed by atoms with Gasteiger partial charge in [0.1, 0.15) is 11.9 Å². The minimum absolute atomic E-state index is 0.0307. The Morgan fingerprint density at radius 3 is 2.78 bits per heavy atom. The molecule has 0 radical (unpaired) electrons. The monoisotopic (exact) mass is 311 g/mol. The molecule has 23 heavy (non-hydrogen) atoms. The van der Waals surface area contributed by atoms with Crippen LogP contribution in [0.4, 0.5) is 4.79 Å². The van der Waals surface area contributed by atoms with Gasteiger partial charge in [-0.1, -0.05) is 30.3 Å². The van der Waals surface area contributed by atoms with E-state index in [1.54, 1.807) is 12.4 Å². The van der Waals surface area contributed by atoms with Gasteiger partial charge in [0.2, 0.25) is 0 Å². The van der Waals surface area contributed by atoms with Crippen LogP contribution in [0.25, 0.3) is 0 Å². The smallest absolute Gasteiger partial charge is 0.317 e. The molecule has 3 rings (SSSR count). The predicted octanol–water partition coefficient (Wildman–Crippen LogP) is 2.83. The molecule has 1 aromatic carbocycles. The summed E-state index contributed by atoms with van der Waals surface area (Å²) in [6, 6.07) is 13.6. The second-order valence-corrected chi connectivity index (χ2v) is 5.66. The Bertz CT molecular complexity index is 619. The van der Waals surface area contributed by atoms with Crippen LogP contribution in [0, 0.1) is 0 Å². The summed E-state index contributed by atoms with van der Waals surface area (Å²) in [4.78, 5) is 18.1. The van der Waals surface area contributed by atoms with Crippen molar-refractivity contribution >= 4 is 6.03 Å². The standard InChI is InChI=1S/C18H21N3O2/c22-18(20-13-15-5-2-1-3-6-15)21-12-4-7-17(14-21)23-16-8-10-19-11-9-16/h1-3,5-6,8-11,17H,4,7,12-14H2,(H,20,22). The van der Waals surface area contributed by atoms with Crippen molar-refractivity contribution < 1.29 is 9.53 Å². The van der Waals surface area contributed by atoms with E-state index >= 15 is 0 Å². The molecule has 1 fully saturated rings. The summed E-state index contributed by atoms with van der Waals surface area (Å²) < 4.78 is 5.94. The fourth-order valence-electron chi connectivity index (χ4n) is 2.71. The lowest BCUT2D eigenvalue weighted by Crippen LogP contribution is -2.48. The normalized spacial score (nSPS) is 17.6. The largest absolute Gasteiger partial charge is 0.488 e. The number of hydrogen-bond donors (Lipinski definition) is 1. The van der Waals surface area contributed by atoms with Crippen molar-refractivity contribution in [3.63, 3.8) is 0 Å². The van der Waals surface area contributed by atoms with E-state index in [0.29, 0.717) is 13.1 Å². The summed E-state index contributed by atoms with van der Waals surface area (Å²) in [5.74, 6) is 0.802. The Morgan fingerprint density at radius 2 is 2.00 bits per heavy atom. The molecule has 1 aliphatic rings. The van der Waals surface area contributed by atoms with Crippen molar-refractivity contribution in [2.75, 3.05) is 13.1 Å². The van der Waals surface area contributed by atoms with Crippen molar-refractivity contribution in [3.8, 4) is 5.75 Å². The van der Waals surface area contributed by atoms with E-state index in [1.165, 1.54) is 0 Å². The lowest BCUT2D eigenvalue weighted by Gasteiger charge is -2.32. The van der Waals surface area contributed by atoms with Crippen LogP contribution in [0.15, 0.2) is 54.9 Å². The third-order valence-electron chi connectivity index (χ3n) is 3.90. The van der Waals surface area contributed by atoms with Crippen LogP contribution in [0.3, 0.4) is 0 Å². The van der Waals surface area contributed by atoms with Crippen molar-refractivity contribution in [1.82, 2.24) is 15.2 Å². The van der Waals surface area contributed by atoms with Crippen LogP contribution in [0.1, 0.15) is 18.4 Å². The van der Waals surface area contributed by atoms with Gasteiger partial charge >= 0.3 is 6.03 Å². The van der Waals surface area contributed by atoms with Gasteiger partial charge in [-0.3, -0.25) is 4.98 Å². The molecule has 120 valence electrons. The molecule has 1 atom stereocenters. The van der Waals surface area contributed by atoms with E-state index in [4.69, 9.17) is 4.74 Å². The molecule has 0 bridgehead atoms. The van der Waals surface area contributed by atoms with E-state index in [0.717, 1.165) is 30.7 Å². The van der Waals surface area contributed by atoms with Gasteiger partial charge < -0.3 is 15.0 Å². The van der Waals surface area contributed by atoms with Crippen LogP contribution >= 0.6 is 0 Å². The molecule has 1 saturated heterocycles. The molecule has 1 aromatic heterocycles. The SMILES string of the molecule is O=C(NCc1ccccc1)N1CCCC(Oc2ccncc2)C1. The highest BCUT2D eigenvalue weighted by molar-refractivity contribution is 5.74. The number of aromatic nitrogens is 1. The zero-order valence-corrected chi connectivity index (χ0v) is 13.0. The first-order valence-electron chi connectivity index (χ1n) is 7.94. The average Bonchev–Trinajstić information content (AvgIpc) is 2.62. The van der Waals surface area contributed by atoms with Crippen LogP contribution in [0.5, 0.6) is 5.75 Å². The number of ether oxygens (including phenoxy) is 1. The predicted molar refractivity (Wildman–Crippen MR) is 88.1 cm³/mol. The highest BCUT2D eigenvalue weighted by Gasteiger charge is 2.24. The molecule has 1 N–H and O–H groups in total. The minimum Gasteiger partial charge on any atom is -0.488 e. The first-order chi connectivity index (χ1) is 11.3. The highest BCUT2D eigenvalue weighted by Crippen LogP contribution is 2.17. The second kappa shape index (κ2) is 7.63. The maximum absolute atomic E-state index is 12.3. The van der Waals surface area contributed by atoms with E-state index < -0.39 is 0 Å². The van der Waals surface area contributed by atoms with Crippen LogP contribution < -0.4 is 10.1 Å². The van der Waals surface area contributed by atoms with E-state index in [-0.39, 0.29) is 12.1 Å². The molecule has 5 nitrogen and oxygen atoms in total. The number of nitrogens with zero attached hydrogens (tertiary/aromatic N) is 2. The first-order valence-corrected chi connectivity index (χ1v) is 7.94. The van der Waals surface area contributed by atoms with Crippen LogP contribution in [-0.2, 0) is 6.54 Å². The number of carbonyl (C=O) groups is 1. The third kappa shape index (κ3) is 4.45. The zero-order chi connectivity index (χ0) is 15.9. The quantitative estimate of drug-likeness (QED) is 0.944. The van der Waals surface area contributed by atoms with E-state index in [1.807, 2.05) is 47.4 Å². The Hall–Kier alpha value is -2.56. The van der Waals surface area contributed by atoms with E-state index in [9.17, 15) is 4.79 Å². The average molecular weight is 311 g/mol. The summed E-state index contributed by atoms with van der Waals surface area (Å²) in [6.45, 7) is 1.94. The van der Waals surface area contributed by atoms with Gasteiger partial charge in [0.05, 0.1) is 6.54 Å². The molecule has 0 aliphatic carbocycles. The molecule has 2 heterocycles. The van der Waals surface area contributed by atoms with Crippen LogP contribution in [-0.4, -0.2) is 35.1 Å². The summed E-state index contributed by atoms with van der Waals surface area (Å²) in [5, 5.41) is 2.97. The van der Waals surface area contributed by atoms with Crippen LogP contribution in [0.2, 0.25) is 0 Å². The summed E-state index contributed by atoms with van der Waals surface area (Å²) in [6.07, 6.45) is 5.37. The molecular formula is C18H21N3O2. The number of piperidine rings is 1. The second-order valence-electron chi connectivity index (χ2n) is 5.66. The Kier molecular flexibility index (Phi) is 5.09. The topological polar surface area (TPSA) is 54.5 Å². The summed E-state index contributed by atoms with van der Waals surface area (Å²) in [7, 11) is 0. The maximum atomic E-state index is 12.3. The van der Waals surface area contributed by atoms with Gasteiger partial charge in [0.15, 0.2) is 0 Å².